The molecule has 3 aromatic rings. The molecule has 7 nitrogen and oxygen atoms in total. The van der Waals surface area contributed by atoms with Crippen molar-refractivity contribution in [3.05, 3.63) is 64.2 Å². The quantitative estimate of drug-likeness (QED) is 0.294. The average Bonchev–Trinajstić information content (AvgIpc) is 3.08. The largest absolute Gasteiger partial charge is 0.491 e. The van der Waals surface area contributed by atoms with Crippen LogP contribution in [0.4, 0.5) is 5.69 Å². The fourth-order valence-corrected chi connectivity index (χ4v) is 2.90. The van der Waals surface area contributed by atoms with Gasteiger partial charge in [-0.25, -0.2) is 9.97 Å². The molecule has 2 heterocycles. The van der Waals surface area contributed by atoms with Crippen molar-refractivity contribution in [2.75, 3.05) is 12.4 Å². The monoisotopic (exact) mass is 446 g/mol. The van der Waals surface area contributed by atoms with Crippen molar-refractivity contribution in [2.45, 2.75) is 20.0 Å². The maximum absolute atomic E-state index is 12.4. The van der Waals surface area contributed by atoms with Gasteiger partial charge in [0.15, 0.2) is 5.76 Å². The number of ether oxygens (including phenoxy) is 2. The summed E-state index contributed by atoms with van der Waals surface area (Å²) in [6.45, 7) is 3.75. The number of nitrogens with zero attached hydrogens (tertiary/aromatic N) is 2. The minimum atomic E-state index is -0.432. The minimum Gasteiger partial charge on any atom is -0.491 e. The third-order valence-electron chi connectivity index (χ3n) is 3.88. The highest BCUT2D eigenvalue weighted by atomic mass is 35.5. The number of H-pyrrole nitrogens is 1. The van der Waals surface area contributed by atoms with Crippen LogP contribution in [0.5, 0.6) is 6.01 Å². The Labute approximate surface area is 183 Å². The predicted molar refractivity (Wildman–Crippen MR) is 119 cm³/mol. The smallest absolute Gasteiger partial charge is 0.316 e. The molecular weight excluding hydrogens is 427 g/mol. The van der Waals surface area contributed by atoms with Gasteiger partial charge in [-0.3, -0.25) is 4.79 Å². The van der Waals surface area contributed by atoms with Gasteiger partial charge in [0.2, 0.25) is 0 Å². The first-order chi connectivity index (χ1) is 14.4. The molecule has 0 radical (unpaired) electrons. The molecule has 3 rings (SSSR count). The fraction of sp³-hybridized carbons (Fsp3) is 0.190. The minimum absolute atomic E-state index is 0.0357. The van der Waals surface area contributed by atoms with E-state index in [0.717, 1.165) is 16.6 Å². The summed E-state index contributed by atoms with van der Waals surface area (Å²) in [4.78, 5) is 23.7. The van der Waals surface area contributed by atoms with Crippen LogP contribution in [0.2, 0.25) is 10.0 Å². The maximum Gasteiger partial charge on any atom is 0.316 e. The summed E-state index contributed by atoms with van der Waals surface area (Å²) in [6.07, 6.45) is 7.95. The van der Waals surface area contributed by atoms with E-state index >= 15 is 0 Å². The third kappa shape index (κ3) is 5.52. The molecule has 30 heavy (non-hydrogen) atoms. The number of hydrogen-bond acceptors (Lipinski definition) is 5. The van der Waals surface area contributed by atoms with E-state index in [-0.39, 0.29) is 17.9 Å². The van der Waals surface area contributed by atoms with Gasteiger partial charge in [0, 0.05) is 16.6 Å². The lowest BCUT2D eigenvalue weighted by Gasteiger charge is -2.09. The number of hydrogen-bond donors (Lipinski definition) is 2. The molecule has 0 saturated carbocycles. The van der Waals surface area contributed by atoms with Crippen LogP contribution in [-0.4, -0.2) is 34.1 Å². The van der Waals surface area contributed by atoms with Gasteiger partial charge in [-0.05, 0) is 44.2 Å². The summed E-state index contributed by atoms with van der Waals surface area (Å²) in [5, 5.41) is 4.57. The summed E-state index contributed by atoms with van der Waals surface area (Å²) in [5.41, 5.74) is 2.11. The third-order valence-corrected chi connectivity index (χ3v) is 4.60. The van der Waals surface area contributed by atoms with Gasteiger partial charge in [-0.2, -0.15) is 0 Å². The first-order valence-corrected chi connectivity index (χ1v) is 9.81. The highest BCUT2D eigenvalue weighted by molar-refractivity contribution is 6.42. The van der Waals surface area contributed by atoms with Crippen molar-refractivity contribution in [3.63, 3.8) is 0 Å². The lowest BCUT2D eigenvalue weighted by molar-refractivity contribution is -0.115. The van der Waals surface area contributed by atoms with Gasteiger partial charge in [-0.15, -0.1) is 0 Å². The highest BCUT2D eigenvalue weighted by Crippen LogP contribution is 2.28. The number of carbonyl (C=O) groups excluding carboxylic acids is 1. The number of amides is 1. The number of methoxy groups -OCH3 is 1. The molecular formula is C21H20Cl2N4O3. The molecule has 9 heteroatoms. The van der Waals surface area contributed by atoms with E-state index in [1.165, 1.54) is 19.5 Å². The van der Waals surface area contributed by atoms with Gasteiger partial charge in [0.25, 0.3) is 5.91 Å². The number of halogens is 2. The second-order valence-electron chi connectivity index (χ2n) is 6.55. The summed E-state index contributed by atoms with van der Waals surface area (Å²) in [6, 6.07) is 5.72. The molecule has 0 saturated heterocycles. The van der Waals surface area contributed by atoms with Crippen molar-refractivity contribution >= 4 is 51.8 Å². The summed E-state index contributed by atoms with van der Waals surface area (Å²) in [7, 11) is 1.42. The lowest BCUT2D eigenvalue weighted by Crippen LogP contribution is -2.16. The molecule has 0 bridgehead atoms. The average molecular weight is 447 g/mol. The zero-order valence-corrected chi connectivity index (χ0v) is 18.1. The Bertz CT molecular complexity index is 1070. The van der Waals surface area contributed by atoms with Gasteiger partial charge < -0.3 is 19.8 Å². The highest BCUT2D eigenvalue weighted by Gasteiger charge is 2.10. The first-order valence-electron chi connectivity index (χ1n) is 9.06. The number of carbonyl (C=O) groups is 1. The van der Waals surface area contributed by atoms with Crippen molar-refractivity contribution in [1.82, 2.24) is 15.0 Å². The molecule has 0 aliphatic heterocycles. The molecule has 0 aliphatic carbocycles. The van der Waals surface area contributed by atoms with E-state index in [9.17, 15) is 4.79 Å². The predicted octanol–water partition coefficient (Wildman–Crippen LogP) is 5.23. The Balaban J connectivity index is 1.68. The molecule has 0 unspecified atom stereocenters. The number of anilines is 1. The van der Waals surface area contributed by atoms with Crippen molar-refractivity contribution in [2.24, 2.45) is 0 Å². The SMILES string of the molecule is COC(=CC=Cc1cc2cc(Cl)c(Cl)cc2[nH]1)C(=O)Nc1cnc(OC(C)C)nc1. The molecule has 0 aliphatic rings. The van der Waals surface area contributed by atoms with Crippen molar-refractivity contribution < 1.29 is 14.3 Å². The van der Waals surface area contributed by atoms with Crippen LogP contribution >= 0.6 is 23.2 Å². The van der Waals surface area contributed by atoms with E-state index < -0.39 is 5.91 Å². The van der Waals surface area contributed by atoms with E-state index in [1.807, 2.05) is 19.9 Å². The van der Waals surface area contributed by atoms with Crippen LogP contribution in [0.15, 0.2) is 48.5 Å². The topological polar surface area (TPSA) is 89.1 Å². The van der Waals surface area contributed by atoms with Crippen LogP contribution in [0.25, 0.3) is 17.0 Å². The number of allylic oxidation sites excluding steroid dienone is 2. The molecule has 0 fully saturated rings. The molecule has 0 spiro atoms. The standard InChI is InChI=1S/C21H20Cl2N4O3/c1-12(2)30-21-24-10-15(11-25-21)27-20(28)19(29-3)6-4-5-14-7-13-8-16(22)17(23)9-18(13)26-14/h4-12,26H,1-3H3,(H,27,28). The van der Waals surface area contributed by atoms with E-state index in [0.29, 0.717) is 15.7 Å². The van der Waals surface area contributed by atoms with Gasteiger partial charge in [0.1, 0.15) is 0 Å². The van der Waals surface area contributed by atoms with Crippen molar-refractivity contribution in [3.8, 4) is 6.01 Å². The van der Waals surface area contributed by atoms with Gasteiger partial charge in [0.05, 0.1) is 41.3 Å². The summed E-state index contributed by atoms with van der Waals surface area (Å²) in [5.74, 6) is -0.311. The van der Waals surface area contributed by atoms with Crippen LogP contribution < -0.4 is 10.1 Å². The number of benzene rings is 1. The Hall–Kier alpha value is -3.03. The zero-order valence-electron chi connectivity index (χ0n) is 16.6. The molecule has 2 aromatic heterocycles. The van der Waals surface area contributed by atoms with E-state index in [2.05, 4.69) is 20.3 Å². The Morgan fingerprint density at radius 1 is 1.17 bits per heavy atom. The van der Waals surface area contributed by atoms with Gasteiger partial charge in [-0.1, -0.05) is 29.3 Å². The number of fused-ring (bicyclic) bond motifs is 1. The Morgan fingerprint density at radius 2 is 1.87 bits per heavy atom. The second-order valence-corrected chi connectivity index (χ2v) is 7.36. The van der Waals surface area contributed by atoms with Crippen LogP contribution in [-0.2, 0) is 9.53 Å². The van der Waals surface area contributed by atoms with Crippen LogP contribution in [0, 0.1) is 0 Å². The first kappa shape index (κ1) is 21.7. The second kappa shape index (κ2) is 9.65. The normalized spacial score (nSPS) is 12.0. The number of aromatic amines is 1. The molecule has 0 atom stereocenters. The lowest BCUT2D eigenvalue weighted by atomic mass is 10.2. The molecule has 2 N–H and O–H groups in total. The van der Waals surface area contributed by atoms with Crippen molar-refractivity contribution in [1.29, 1.82) is 0 Å². The summed E-state index contributed by atoms with van der Waals surface area (Å²) >= 11 is 12.1. The van der Waals surface area contributed by atoms with Gasteiger partial charge >= 0.3 is 6.01 Å². The van der Waals surface area contributed by atoms with E-state index in [1.54, 1.807) is 30.4 Å². The van der Waals surface area contributed by atoms with E-state index in [4.69, 9.17) is 32.7 Å². The molecule has 1 amide bonds. The van der Waals surface area contributed by atoms with Crippen LogP contribution in [0.3, 0.4) is 0 Å². The number of nitrogens with one attached hydrogen (secondary N) is 2. The Kier molecular flexibility index (Phi) is 6.97. The zero-order chi connectivity index (χ0) is 21.7. The molecule has 156 valence electrons. The summed E-state index contributed by atoms with van der Waals surface area (Å²) < 4.78 is 10.6. The maximum atomic E-state index is 12.4. The van der Waals surface area contributed by atoms with Crippen LogP contribution in [0.1, 0.15) is 19.5 Å². The molecule has 1 aromatic carbocycles. The Morgan fingerprint density at radius 3 is 2.53 bits per heavy atom. The number of rotatable bonds is 7. The fourth-order valence-electron chi connectivity index (χ4n) is 2.56. The number of aromatic nitrogens is 3.